The van der Waals surface area contributed by atoms with Crippen LogP contribution in [0.2, 0.25) is 0 Å². The molecule has 2 fully saturated rings. The Morgan fingerprint density at radius 3 is 2.69 bits per heavy atom. The Morgan fingerprint density at radius 1 is 1.19 bits per heavy atom. The number of ether oxygens (including phenoxy) is 1. The molecule has 2 saturated heterocycles. The van der Waals surface area contributed by atoms with Gasteiger partial charge in [-0.05, 0) is 55.3 Å². The van der Waals surface area contributed by atoms with Gasteiger partial charge in [-0.25, -0.2) is 9.37 Å². The number of hydrogen-bond donors (Lipinski definition) is 0. The number of hydrogen-bond acceptors (Lipinski definition) is 6. The molecule has 2 aromatic carbocycles. The van der Waals surface area contributed by atoms with Crippen LogP contribution in [-0.2, 0) is 14.3 Å². The van der Waals surface area contributed by atoms with E-state index in [2.05, 4.69) is 11.0 Å². The summed E-state index contributed by atoms with van der Waals surface area (Å²) in [5, 5.41) is 0.672. The number of anilines is 2. The van der Waals surface area contributed by atoms with Crippen LogP contribution in [0.5, 0.6) is 0 Å². The zero-order chi connectivity index (χ0) is 24.4. The zero-order valence-electron chi connectivity index (χ0n) is 20.2. The summed E-state index contributed by atoms with van der Waals surface area (Å²) < 4.78 is 19.8. The second-order valence-electron chi connectivity index (χ2n) is 9.15. The maximum atomic E-state index is 13.8. The number of carbonyl (C=O) groups is 2. The standard InChI is InChI=1S/C26H29FN4O3S.ClH/c1-18-3-8-22-23(15-18)35-26(28-22)30(10-2-9-29-11-13-34-14-12-29)25(33)19-16-24(32)31(17-19)21-6-4-20(27)5-7-21;/h3-8,15,19H,2,9-14,16-17H2,1H3;1H. The summed E-state index contributed by atoms with van der Waals surface area (Å²) in [6.45, 7) is 7.02. The number of halogens is 2. The molecule has 3 heterocycles. The minimum Gasteiger partial charge on any atom is -0.379 e. The quantitative estimate of drug-likeness (QED) is 0.454. The molecule has 1 aromatic heterocycles. The van der Waals surface area contributed by atoms with Gasteiger partial charge in [0.1, 0.15) is 5.82 Å². The molecule has 10 heteroatoms. The number of amides is 2. The third-order valence-corrected chi connectivity index (χ3v) is 7.64. The molecule has 0 bridgehead atoms. The number of rotatable bonds is 7. The Kier molecular flexibility index (Phi) is 8.56. The third kappa shape index (κ3) is 5.86. The Bertz CT molecular complexity index is 1220. The number of fused-ring (bicyclic) bond motifs is 1. The number of morpholine rings is 1. The van der Waals surface area contributed by atoms with Crippen molar-refractivity contribution in [3.63, 3.8) is 0 Å². The molecule has 1 atom stereocenters. The summed E-state index contributed by atoms with van der Waals surface area (Å²) >= 11 is 1.51. The summed E-state index contributed by atoms with van der Waals surface area (Å²) in [6, 6.07) is 11.9. The van der Waals surface area contributed by atoms with Crippen molar-refractivity contribution in [1.82, 2.24) is 9.88 Å². The van der Waals surface area contributed by atoms with Crippen LogP contribution in [0.25, 0.3) is 10.2 Å². The fraction of sp³-hybridized carbons (Fsp3) is 0.423. The minimum atomic E-state index is -0.468. The van der Waals surface area contributed by atoms with E-state index >= 15 is 0 Å². The van der Waals surface area contributed by atoms with Gasteiger partial charge in [0, 0.05) is 44.8 Å². The van der Waals surface area contributed by atoms with Gasteiger partial charge < -0.3 is 9.64 Å². The number of carbonyl (C=O) groups excluding carboxylic acids is 2. The number of aromatic nitrogens is 1. The average Bonchev–Trinajstić information content (AvgIpc) is 3.45. The van der Waals surface area contributed by atoms with E-state index in [4.69, 9.17) is 9.72 Å². The van der Waals surface area contributed by atoms with Crippen molar-refractivity contribution in [2.24, 2.45) is 5.92 Å². The highest BCUT2D eigenvalue weighted by molar-refractivity contribution is 7.22. The Hall–Kier alpha value is -2.59. The summed E-state index contributed by atoms with van der Waals surface area (Å²) in [5.74, 6) is -1.03. The highest BCUT2D eigenvalue weighted by Crippen LogP contribution is 2.33. The maximum Gasteiger partial charge on any atom is 0.234 e. The number of aryl methyl sites for hydroxylation is 1. The Balaban J connectivity index is 0.00000304. The van der Waals surface area contributed by atoms with Gasteiger partial charge >= 0.3 is 0 Å². The lowest BCUT2D eigenvalue weighted by molar-refractivity contribution is -0.124. The smallest absolute Gasteiger partial charge is 0.234 e. The third-order valence-electron chi connectivity index (χ3n) is 6.60. The van der Waals surface area contributed by atoms with Gasteiger partial charge in [0.15, 0.2) is 5.13 Å². The lowest BCUT2D eigenvalue weighted by atomic mass is 10.1. The molecule has 2 aliphatic heterocycles. The molecule has 7 nitrogen and oxygen atoms in total. The van der Waals surface area contributed by atoms with Crippen molar-refractivity contribution in [3.8, 4) is 0 Å². The van der Waals surface area contributed by atoms with Gasteiger partial charge in [-0.2, -0.15) is 0 Å². The monoisotopic (exact) mass is 532 g/mol. The van der Waals surface area contributed by atoms with E-state index in [1.165, 1.54) is 23.5 Å². The SMILES string of the molecule is Cc1ccc2nc(N(CCCN3CCOCC3)C(=O)C3CC(=O)N(c4ccc(F)cc4)C3)sc2c1.Cl. The normalized spacial score (nSPS) is 18.4. The van der Waals surface area contributed by atoms with E-state index in [9.17, 15) is 14.0 Å². The molecule has 0 aliphatic carbocycles. The summed E-state index contributed by atoms with van der Waals surface area (Å²) in [4.78, 5) is 37.0. The van der Waals surface area contributed by atoms with Gasteiger partial charge in [0.05, 0.1) is 29.3 Å². The minimum absolute atomic E-state index is 0. The van der Waals surface area contributed by atoms with Crippen molar-refractivity contribution < 1.29 is 18.7 Å². The maximum absolute atomic E-state index is 13.8. The first kappa shape index (κ1) is 26.5. The van der Waals surface area contributed by atoms with E-state index < -0.39 is 5.92 Å². The predicted octanol–water partition coefficient (Wildman–Crippen LogP) is 4.27. The van der Waals surface area contributed by atoms with Gasteiger partial charge in [-0.1, -0.05) is 17.4 Å². The molecule has 0 N–H and O–H groups in total. The molecule has 1 unspecified atom stereocenters. The van der Waals surface area contributed by atoms with Crippen LogP contribution in [0.3, 0.4) is 0 Å². The van der Waals surface area contributed by atoms with Gasteiger partial charge in [0.2, 0.25) is 11.8 Å². The van der Waals surface area contributed by atoms with Crippen molar-refractivity contribution in [2.75, 3.05) is 55.7 Å². The number of benzene rings is 2. The van der Waals surface area contributed by atoms with Crippen molar-refractivity contribution in [3.05, 3.63) is 53.8 Å². The summed E-state index contributed by atoms with van der Waals surface area (Å²) in [6.07, 6.45) is 0.948. The van der Waals surface area contributed by atoms with E-state index in [-0.39, 0.29) is 43.0 Å². The first-order valence-corrected chi connectivity index (χ1v) is 12.8. The largest absolute Gasteiger partial charge is 0.379 e. The molecule has 2 amide bonds. The molecular formula is C26H30ClFN4O3S. The van der Waals surface area contributed by atoms with Crippen LogP contribution in [-0.4, -0.2) is 67.6 Å². The van der Waals surface area contributed by atoms with Crippen LogP contribution < -0.4 is 9.80 Å². The molecule has 2 aliphatic rings. The highest BCUT2D eigenvalue weighted by Gasteiger charge is 2.38. The van der Waals surface area contributed by atoms with E-state index in [0.29, 0.717) is 17.4 Å². The molecule has 192 valence electrons. The number of nitrogens with zero attached hydrogens (tertiary/aromatic N) is 4. The van der Waals surface area contributed by atoms with Gasteiger partial charge in [0.25, 0.3) is 0 Å². The molecule has 0 spiro atoms. The second-order valence-corrected chi connectivity index (χ2v) is 10.2. The van der Waals surface area contributed by atoms with E-state index in [1.54, 1.807) is 21.9 Å². The summed E-state index contributed by atoms with van der Waals surface area (Å²) in [5.41, 5.74) is 2.63. The van der Waals surface area contributed by atoms with Crippen LogP contribution >= 0.6 is 23.7 Å². The highest BCUT2D eigenvalue weighted by atomic mass is 35.5. The first-order valence-electron chi connectivity index (χ1n) is 12.0. The predicted molar refractivity (Wildman–Crippen MR) is 143 cm³/mol. The summed E-state index contributed by atoms with van der Waals surface area (Å²) in [7, 11) is 0. The molecular weight excluding hydrogens is 503 g/mol. The fourth-order valence-corrected chi connectivity index (χ4v) is 5.77. The van der Waals surface area contributed by atoms with Crippen LogP contribution in [0.4, 0.5) is 15.2 Å². The fourth-order valence-electron chi connectivity index (χ4n) is 4.68. The van der Waals surface area contributed by atoms with Gasteiger partial charge in [-0.3, -0.25) is 19.4 Å². The van der Waals surface area contributed by atoms with Crippen LogP contribution in [0.15, 0.2) is 42.5 Å². The first-order chi connectivity index (χ1) is 17.0. The van der Waals surface area contributed by atoms with E-state index in [0.717, 1.165) is 55.0 Å². The number of thiazole rings is 1. The van der Waals surface area contributed by atoms with Gasteiger partial charge in [-0.15, -0.1) is 12.4 Å². The molecule has 0 saturated carbocycles. The van der Waals surface area contributed by atoms with Crippen LogP contribution in [0.1, 0.15) is 18.4 Å². The molecule has 3 aromatic rings. The lowest BCUT2D eigenvalue weighted by Crippen LogP contribution is -2.41. The Morgan fingerprint density at radius 2 is 1.94 bits per heavy atom. The molecule has 36 heavy (non-hydrogen) atoms. The van der Waals surface area contributed by atoms with Crippen LogP contribution in [0, 0.1) is 18.7 Å². The lowest BCUT2D eigenvalue weighted by Gasteiger charge is -2.28. The van der Waals surface area contributed by atoms with Crippen molar-refractivity contribution in [2.45, 2.75) is 19.8 Å². The second kappa shape index (κ2) is 11.6. The molecule has 0 radical (unpaired) electrons. The van der Waals surface area contributed by atoms with Crippen molar-refractivity contribution in [1.29, 1.82) is 0 Å². The van der Waals surface area contributed by atoms with Crippen molar-refractivity contribution >= 4 is 56.6 Å². The van der Waals surface area contributed by atoms with E-state index in [1.807, 2.05) is 19.1 Å². The topological polar surface area (TPSA) is 66.0 Å². The zero-order valence-corrected chi connectivity index (χ0v) is 21.8. The Labute approximate surface area is 220 Å². The molecule has 5 rings (SSSR count). The average molecular weight is 533 g/mol.